The highest BCUT2D eigenvalue weighted by atomic mass is 19.2. The van der Waals surface area contributed by atoms with Gasteiger partial charge in [0, 0.05) is 37.3 Å². The van der Waals surface area contributed by atoms with Crippen LogP contribution in [0, 0.1) is 17.5 Å². The fraction of sp³-hybridized carbons (Fsp3) is 0.276. The van der Waals surface area contributed by atoms with Gasteiger partial charge in [-0.15, -0.1) is 0 Å². The van der Waals surface area contributed by atoms with Gasteiger partial charge in [-0.05, 0) is 36.2 Å². The third-order valence-corrected chi connectivity index (χ3v) is 6.45. The molecule has 0 saturated carbocycles. The van der Waals surface area contributed by atoms with Crippen LogP contribution in [0.4, 0.5) is 13.2 Å². The Bertz CT molecular complexity index is 1370. The Hall–Kier alpha value is -3.78. The molecule has 1 aromatic heterocycles. The monoisotopic (exact) mass is 507 g/mol. The van der Waals surface area contributed by atoms with Gasteiger partial charge in [-0.3, -0.25) is 4.90 Å². The topological polar surface area (TPSA) is 39.5 Å². The lowest BCUT2D eigenvalue weighted by atomic mass is 10.1. The van der Waals surface area contributed by atoms with Crippen LogP contribution >= 0.6 is 0 Å². The lowest BCUT2D eigenvalue weighted by molar-refractivity contribution is 0.174. The van der Waals surface area contributed by atoms with Crippen LogP contribution in [-0.2, 0) is 26.2 Å². The molecule has 1 aliphatic rings. The molecule has 3 aromatic carbocycles. The van der Waals surface area contributed by atoms with Gasteiger partial charge in [-0.2, -0.15) is 0 Å². The number of hydrogen-bond donors (Lipinski definition) is 0. The molecule has 1 aliphatic heterocycles. The minimum Gasteiger partial charge on any atom is -0.454 e. The summed E-state index contributed by atoms with van der Waals surface area (Å²) in [6.45, 7) is 3.63. The molecule has 0 atom stereocenters. The van der Waals surface area contributed by atoms with E-state index in [1.54, 1.807) is 0 Å². The second kappa shape index (κ2) is 11.1. The number of rotatable bonds is 10. The molecule has 0 amide bonds. The smallest absolute Gasteiger partial charge is 0.231 e. The fourth-order valence-electron chi connectivity index (χ4n) is 4.55. The highest BCUT2D eigenvalue weighted by Crippen LogP contribution is 2.33. The van der Waals surface area contributed by atoms with E-state index in [1.807, 2.05) is 59.6 Å². The molecule has 37 heavy (non-hydrogen) atoms. The summed E-state index contributed by atoms with van der Waals surface area (Å²) < 4.78 is 56.4. The highest BCUT2D eigenvalue weighted by molar-refractivity contribution is 5.56. The summed E-state index contributed by atoms with van der Waals surface area (Å²) in [4.78, 5) is 6.58. The molecule has 4 aromatic rings. The summed E-state index contributed by atoms with van der Waals surface area (Å²) in [7, 11) is 0. The Morgan fingerprint density at radius 2 is 1.68 bits per heavy atom. The molecule has 0 fully saturated rings. The molecule has 8 heteroatoms. The van der Waals surface area contributed by atoms with Crippen molar-refractivity contribution in [2.45, 2.75) is 45.9 Å². The average Bonchev–Trinajstić information content (AvgIpc) is 3.54. The van der Waals surface area contributed by atoms with Gasteiger partial charge in [0.2, 0.25) is 6.79 Å². The minimum atomic E-state index is -1.17. The van der Waals surface area contributed by atoms with Crippen molar-refractivity contribution < 1.29 is 22.6 Å². The highest BCUT2D eigenvalue weighted by Gasteiger charge is 2.21. The summed E-state index contributed by atoms with van der Waals surface area (Å²) in [5.74, 6) is -0.893. The molecular weight excluding hydrogens is 479 g/mol. The molecule has 0 saturated heterocycles. The Kier molecular flexibility index (Phi) is 7.46. The number of nitrogens with zero attached hydrogens (tertiary/aromatic N) is 3. The maximum Gasteiger partial charge on any atom is 0.231 e. The summed E-state index contributed by atoms with van der Waals surface area (Å²) in [5.41, 5.74) is 2.48. The predicted octanol–water partition coefficient (Wildman–Crippen LogP) is 6.70. The standard InChI is InChI=1S/C29H28F3N3O2/c1-2-3-13-35-22(15-33-29(35)21-7-5-4-6-8-21)17-34(18-23-24(30)10-11-25(31)28(23)32)16-20-9-12-26-27(14-20)37-19-36-26/h4-12,14-15H,2-3,13,16-19H2,1H3. The lowest BCUT2D eigenvalue weighted by Crippen LogP contribution is -2.25. The first-order valence-electron chi connectivity index (χ1n) is 12.4. The third-order valence-electron chi connectivity index (χ3n) is 6.45. The quantitative estimate of drug-likeness (QED) is 0.224. The van der Waals surface area contributed by atoms with Crippen molar-refractivity contribution in [2.75, 3.05) is 6.79 Å². The first-order chi connectivity index (χ1) is 18.0. The van der Waals surface area contributed by atoms with Crippen LogP contribution in [0.15, 0.2) is 66.9 Å². The molecule has 0 bridgehead atoms. The molecule has 5 rings (SSSR count). The van der Waals surface area contributed by atoms with Crippen LogP contribution < -0.4 is 9.47 Å². The van der Waals surface area contributed by atoms with Crippen LogP contribution in [0.5, 0.6) is 11.5 Å². The van der Waals surface area contributed by atoms with Gasteiger partial charge in [0.25, 0.3) is 0 Å². The van der Waals surface area contributed by atoms with Crippen molar-refractivity contribution >= 4 is 0 Å². The number of fused-ring (bicyclic) bond motifs is 1. The molecule has 2 heterocycles. The van der Waals surface area contributed by atoms with E-state index in [4.69, 9.17) is 14.5 Å². The molecule has 0 radical (unpaired) electrons. The number of ether oxygens (including phenoxy) is 2. The van der Waals surface area contributed by atoms with Crippen molar-refractivity contribution in [1.82, 2.24) is 14.5 Å². The zero-order chi connectivity index (χ0) is 25.8. The van der Waals surface area contributed by atoms with Gasteiger partial charge in [-0.1, -0.05) is 49.7 Å². The molecule has 5 nitrogen and oxygen atoms in total. The second-order valence-electron chi connectivity index (χ2n) is 9.10. The maximum atomic E-state index is 14.7. The average molecular weight is 508 g/mol. The van der Waals surface area contributed by atoms with Crippen molar-refractivity contribution in [2.24, 2.45) is 0 Å². The van der Waals surface area contributed by atoms with Gasteiger partial charge in [0.15, 0.2) is 23.1 Å². The van der Waals surface area contributed by atoms with E-state index in [0.29, 0.717) is 24.6 Å². The van der Waals surface area contributed by atoms with E-state index < -0.39 is 17.5 Å². The Morgan fingerprint density at radius 1 is 0.892 bits per heavy atom. The molecular formula is C29H28F3N3O2. The van der Waals surface area contributed by atoms with E-state index in [-0.39, 0.29) is 18.9 Å². The van der Waals surface area contributed by atoms with Crippen molar-refractivity contribution in [1.29, 1.82) is 0 Å². The molecule has 0 unspecified atom stereocenters. The first kappa shape index (κ1) is 24.9. The minimum absolute atomic E-state index is 0.122. The number of unbranched alkanes of at least 4 members (excludes halogenated alkanes) is 1. The third kappa shape index (κ3) is 5.49. The van der Waals surface area contributed by atoms with Crippen LogP contribution in [0.1, 0.15) is 36.6 Å². The number of hydrogen-bond acceptors (Lipinski definition) is 4. The van der Waals surface area contributed by atoms with Crippen molar-refractivity contribution in [3.8, 4) is 22.9 Å². The number of imidazole rings is 1. The molecule has 0 N–H and O–H groups in total. The van der Waals surface area contributed by atoms with Crippen LogP contribution in [-0.4, -0.2) is 21.2 Å². The van der Waals surface area contributed by atoms with E-state index in [1.165, 1.54) is 0 Å². The Morgan fingerprint density at radius 3 is 2.49 bits per heavy atom. The van der Waals surface area contributed by atoms with Crippen LogP contribution in [0.3, 0.4) is 0 Å². The predicted molar refractivity (Wildman–Crippen MR) is 134 cm³/mol. The Labute approximate surface area is 214 Å². The van der Waals surface area contributed by atoms with Crippen molar-refractivity contribution in [3.63, 3.8) is 0 Å². The number of halogens is 3. The summed E-state index contributed by atoms with van der Waals surface area (Å²) in [5, 5.41) is 0. The first-order valence-corrected chi connectivity index (χ1v) is 12.4. The maximum absolute atomic E-state index is 14.7. The van der Waals surface area contributed by atoms with E-state index >= 15 is 0 Å². The summed E-state index contributed by atoms with van der Waals surface area (Å²) >= 11 is 0. The largest absolute Gasteiger partial charge is 0.454 e. The van der Waals surface area contributed by atoms with E-state index in [0.717, 1.165) is 54.2 Å². The summed E-state index contributed by atoms with van der Waals surface area (Å²) in [6.07, 6.45) is 3.77. The lowest BCUT2D eigenvalue weighted by Gasteiger charge is -2.24. The SMILES string of the molecule is CCCCn1c(CN(Cc2ccc3c(c2)OCO3)Cc2c(F)ccc(F)c2F)cnc1-c1ccccc1. The zero-order valence-electron chi connectivity index (χ0n) is 20.6. The number of benzene rings is 3. The number of aromatic nitrogens is 2. The van der Waals surface area contributed by atoms with E-state index in [9.17, 15) is 13.2 Å². The molecule has 192 valence electrons. The second-order valence-corrected chi connectivity index (χ2v) is 9.10. The van der Waals surface area contributed by atoms with Gasteiger partial charge in [-0.25, -0.2) is 18.2 Å². The van der Waals surface area contributed by atoms with Crippen molar-refractivity contribution in [3.05, 3.63) is 101 Å². The van der Waals surface area contributed by atoms with Crippen LogP contribution in [0.2, 0.25) is 0 Å². The fourth-order valence-corrected chi connectivity index (χ4v) is 4.55. The van der Waals surface area contributed by atoms with Gasteiger partial charge in [0.05, 0.1) is 11.9 Å². The van der Waals surface area contributed by atoms with Crippen LogP contribution in [0.25, 0.3) is 11.4 Å². The zero-order valence-corrected chi connectivity index (χ0v) is 20.6. The van der Waals surface area contributed by atoms with Gasteiger partial charge < -0.3 is 14.0 Å². The molecule has 0 aliphatic carbocycles. The van der Waals surface area contributed by atoms with E-state index in [2.05, 4.69) is 11.5 Å². The van der Waals surface area contributed by atoms with Gasteiger partial charge in [0.1, 0.15) is 11.6 Å². The molecule has 0 spiro atoms. The van der Waals surface area contributed by atoms with Gasteiger partial charge >= 0.3 is 0 Å². The summed E-state index contributed by atoms with van der Waals surface area (Å²) in [6, 6.07) is 17.3. The Balaban J connectivity index is 1.49. The normalized spacial score (nSPS) is 12.5.